The minimum Gasteiger partial charge on any atom is -0.467 e. The Morgan fingerprint density at radius 1 is 0.424 bits per heavy atom. The Morgan fingerprint density at radius 3 is 0.983 bits per heavy atom. The Bertz CT molecular complexity index is 1640. The number of methoxy groups -OCH3 is 2. The van der Waals surface area contributed by atoms with Crippen molar-refractivity contribution < 1.29 is 9.47 Å². The van der Waals surface area contributed by atoms with Gasteiger partial charge in [-0.3, -0.25) is 0 Å². The standard InChI is InChI=1S/C9H16ClN5.C9H17N5O.C9H17N5S.C8H15N5O/c1-5(2)11-8-13-7(10)14-9(15-8)12-6(3)4;2*1-5-10-7-12-8(11-6(2)3)14-9(13-7)15-4;1-4-9-6-11-7(10-5-2)13-8(12-6)14-3/h5-6H,1-4H3,(H2,11,12,13,14,15);2*6H,5H2,1-4H3,(H2,10,11,12,13,14);4-5H2,1-3H3,(H2,9,10,11,12,13). The maximum Gasteiger partial charge on any atom is 0.322 e. The van der Waals surface area contributed by atoms with E-state index in [-0.39, 0.29) is 23.4 Å². The second kappa shape index (κ2) is 29.0. The fourth-order valence-corrected chi connectivity index (χ4v) is 4.45. The summed E-state index contributed by atoms with van der Waals surface area (Å²) in [4.78, 5) is 49.4. The van der Waals surface area contributed by atoms with Gasteiger partial charge in [-0.25, -0.2) is 0 Å². The summed E-state index contributed by atoms with van der Waals surface area (Å²) in [5.41, 5.74) is 0. The number of nitrogens with zero attached hydrogens (tertiary/aromatic N) is 12. The van der Waals surface area contributed by atoms with Crippen molar-refractivity contribution in [2.75, 3.05) is 89.2 Å². The van der Waals surface area contributed by atoms with Crippen molar-refractivity contribution in [2.45, 2.75) is 112 Å². The molecule has 4 heterocycles. The molecular weight excluding hydrogens is 800 g/mol. The smallest absolute Gasteiger partial charge is 0.322 e. The van der Waals surface area contributed by atoms with E-state index in [4.69, 9.17) is 21.1 Å². The molecule has 24 heteroatoms. The van der Waals surface area contributed by atoms with Crippen LogP contribution in [-0.2, 0) is 0 Å². The molecular formula is C35H65ClN20O2S. The fourth-order valence-electron chi connectivity index (χ4n) is 3.93. The lowest BCUT2D eigenvalue weighted by Gasteiger charge is -2.11. The number of aromatic nitrogens is 12. The predicted octanol–water partition coefficient (Wildman–Crippen LogP) is 5.89. The molecule has 0 saturated carbocycles. The lowest BCUT2D eigenvalue weighted by molar-refractivity contribution is 0.379. The van der Waals surface area contributed by atoms with E-state index >= 15 is 0 Å². The van der Waals surface area contributed by atoms with E-state index in [9.17, 15) is 0 Å². The van der Waals surface area contributed by atoms with E-state index in [1.54, 1.807) is 0 Å². The van der Waals surface area contributed by atoms with Gasteiger partial charge in [0.05, 0.1) is 14.2 Å². The largest absolute Gasteiger partial charge is 0.467 e. The van der Waals surface area contributed by atoms with E-state index < -0.39 is 0 Å². The quantitative estimate of drug-likeness (QED) is 0.0511. The molecule has 22 nitrogen and oxygen atoms in total. The Hall–Kier alpha value is -5.32. The number of rotatable bonds is 19. The second-order valence-electron chi connectivity index (χ2n) is 13.0. The summed E-state index contributed by atoms with van der Waals surface area (Å²) in [6.45, 7) is 27.2. The SMILES string of the molecule is CC(C)Nc1nc(Cl)nc(NC(C)C)n1.CCNc1nc(NC(C)C)nc(OC)n1.CCNc1nc(NC(C)C)nc(SC)n1.CCNc1nc(NCC)nc(OC)n1. The number of ether oxygens (including phenoxy) is 2. The van der Waals surface area contributed by atoms with Crippen molar-refractivity contribution in [1.82, 2.24) is 59.8 Å². The molecule has 0 fully saturated rings. The van der Waals surface area contributed by atoms with Gasteiger partial charge in [0, 0.05) is 50.3 Å². The molecule has 8 N–H and O–H groups in total. The first kappa shape index (κ1) is 51.7. The van der Waals surface area contributed by atoms with Crippen LogP contribution in [0.3, 0.4) is 0 Å². The van der Waals surface area contributed by atoms with Gasteiger partial charge in [0.1, 0.15) is 0 Å². The minimum atomic E-state index is 0.191. The zero-order valence-electron chi connectivity index (χ0n) is 37.1. The normalized spacial score (nSPS) is 10.3. The van der Waals surface area contributed by atoms with Crippen molar-refractivity contribution >= 4 is 70.9 Å². The molecule has 0 spiro atoms. The molecule has 0 aliphatic heterocycles. The average Bonchev–Trinajstić information content (AvgIpc) is 3.14. The van der Waals surface area contributed by atoms with Crippen LogP contribution in [-0.4, -0.2) is 131 Å². The summed E-state index contributed by atoms with van der Waals surface area (Å²) in [5.74, 6) is 4.33. The highest BCUT2D eigenvalue weighted by Crippen LogP contribution is 2.15. The maximum atomic E-state index is 5.77. The van der Waals surface area contributed by atoms with Gasteiger partial charge in [0.15, 0.2) is 5.16 Å². The topological polar surface area (TPSA) is 269 Å². The highest BCUT2D eigenvalue weighted by atomic mass is 35.5. The molecule has 0 atom stereocenters. The zero-order valence-corrected chi connectivity index (χ0v) is 38.7. The predicted molar refractivity (Wildman–Crippen MR) is 241 cm³/mol. The van der Waals surface area contributed by atoms with Gasteiger partial charge in [-0.1, -0.05) is 11.8 Å². The summed E-state index contributed by atoms with van der Waals surface area (Å²) < 4.78 is 9.93. The van der Waals surface area contributed by atoms with Crippen molar-refractivity contribution in [1.29, 1.82) is 0 Å². The van der Waals surface area contributed by atoms with Gasteiger partial charge in [-0.05, 0) is 101 Å². The van der Waals surface area contributed by atoms with Crippen LogP contribution in [0.2, 0.25) is 5.28 Å². The molecule has 4 aromatic rings. The van der Waals surface area contributed by atoms with Crippen LogP contribution in [0.1, 0.15) is 83.1 Å². The highest BCUT2D eigenvalue weighted by molar-refractivity contribution is 7.98. The molecule has 330 valence electrons. The maximum absolute atomic E-state index is 5.77. The number of hydrogen-bond acceptors (Lipinski definition) is 23. The highest BCUT2D eigenvalue weighted by Gasteiger charge is 2.09. The van der Waals surface area contributed by atoms with Crippen molar-refractivity contribution in [3.63, 3.8) is 0 Å². The molecule has 0 bridgehead atoms. The molecule has 59 heavy (non-hydrogen) atoms. The first-order valence-corrected chi connectivity index (χ1v) is 21.0. The second-order valence-corrected chi connectivity index (χ2v) is 14.1. The Labute approximate surface area is 358 Å². The first-order valence-electron chi connectivity index (χ1n) is 19.4. The van der Waals surface area contributed by atoms with E-state index in [1.165, 1.54) is 26.0 Å². The van der Waals surface area contributed by atoms with Crippen molar-refractivity contribution in [2.24, 2.45) is 0 Å². The summed E-state index contributed by atoms with van der Waals surface area (Å²) in [6.07, 6.45) is 1.95. The fraction of sp³-hybridized carbons (Fsp3) is 0.657. The van der Waals surface area contributed by atoms with E-state index in [2.05, 4.69) is 116 Å². The van der Waals surface area contributed by atoms with Gasteiger partial charge < -0.3 is 52.0 Å². The van der Waals surface area contributed by atoms with Crippen LogP contribution in [0.5, 0.6) is 12.0 Å². The summed E-state index contributed by atoms with van der Waals surface area (Å²) in [7, 11) is 3.06. The molecule has 0 unspecified atom stereocenters. The number of nitrogens with one attached hydrogen (secondary N) is 8. The van der Waals surface area contributed by atoms with Crippen LogP contribution in [0.15, 0.2) is 5.16 Å². The van der Waals surface area contributed by atoms with Crippen LogP contribution in [0.4, 0.5) is 47.6 Å². The van der Waals surface area contributed by atoms with E-state index in [0.29, 0.717) is 65.6 Å². The Morgan fingerprint density at radius 2 is 0.678 bits per heavy atom. The van der Waals surface area contributed by atoms with Gasteiger partial charge in [0.25, 0.3) is 0 Å². The van der Waals surface area contributed by atoms with Crippen LogP contribution >= 0.6 is 23.4 Å². The molecule has 4 aromatic heterocycles. The molecule has 0 saturated heterocycles. The third-order valence-corrected chi connectivity index (χ3v) is 6.73. The summed E-state index contributed by atoms with van der Waals surface area (Å²) >= 11 is 7.28. The van der Waals surface area contributed by atoms with Crippen LogP contribution in [0, 0.1) is 0 Å². The van der Waals surface area contributed by atoms with Crippen molar-refractivity contribution in [3.8, 4) is 12.0 Å². The molecule has 0 aromatic carbocycles. The number of thioether (sulfide) groups is 1. The van der Waals surface area contributed by atoms with E-state index in [0.717, 1.165) is 31.3 Å². The van der Waals surface area contributed by atoms with Crippen molar-refractivity contribution in [3.05, 3.63) is 5.28 Å². The Kier molecular flexibility index (Phi) is 25.4. The lowest BCUT2D eigenvalue weighted by atomic mass is 10.4. The zero-order chi connectivity index (χ0) is 44.3. The molecule has 4 rings (SSSR count). The van der Waals surface area contributed by atoms with Crippen LogP contribution in [0.25, 0.3) is 0 Å². The van der Waals surface area contributed by atoms with Gasteiger partial charge in [-0.15, -0.1) is 0 Å². The first-order chi connectivity index (χ1) is 28.1. The number of hydrogen-bond donors (Lipinski definition) is 8. The molecule has 0 amide bonds. The number of halogens is 1. The van der Waals surface area contributed by atoms with Gasteiger partial charge >= 0.3 is 12.0 Å². The molecule has 0 radical (unpaired) electrons. The third-order valence-electron chi connectivity index (χ3n) is 6.01. The molecule has 0 aliphatic rings. The minimum absolute atomic E-state index is 0.191. The summed E-state index contributed by atoms with van der Waals surface area (Å²) in [6, 6.07) is 1.73. The lowest BCUT2D eigenvalue weighted by Crippen LogP contribution is -2.17. The molecule has 0 aliphatic carbocycles. The summed E-state index contributed by atoms with van der Waals surface area (Å²) in [5, 5.41) is 25.4. The monoisotopic (exact) mass is 865 g/mol. The van der Waals surface area contributed by atoms with Gasteiger partial charge in [0.2, 0.25) is 52.9 Å². The average molecular weight is 866 g/mol. The third kappa shape index (κ3) is 23.0. The number of anilines is 8. The Balaban J connectivity index is 0.000000393. The van der Waals surface area contributed by atoms with E-state index in [1.807, 2.05) is 75.5 Å². The van der Waals surface area contributed by atoms with Gasteiger partial charge in [-0.2, -0.15) is 59.8 Å². The van der Waals surface area contributed by atoms with Crippen LogP contribution < -0.4 is 52.0 Å².